The normalized spacial score (nSPS) is 15.2. The molecule has 1 aromatic heterocycles. The Balaban J connectivity index is 1.75. The SMILES string of the molecule is CCOC(=O)c1cnc(NC2(c3cccc(Cl)c3)CC2)nc1. The molecule has 1 aliphatic carbocycles. The van der Waals surface area contributed by atoms with Crippen molar-refractivity contribution in [2.24, 2.45) is 0 Å². The summed E-state index contributed by atoms with van der Waals surface area (Å²) in [4.78, 5) is 20.0. The zero-order valence-electron chi connectivity index (χ0n) is 12.2. The minimum Gasteiger partial charge on any atom is -0.462 e. The van der Waals surface area contributed by atoms with Gasteiger partial charge in [-0.3, -0.25) is 0 Å². The van der Waals surface area contributed by atoms with Crippen LogP contribution < -0.4 is 5.32 Å². The molecule has 0 unspecified atom stereocenters. The van der Waals surface area contributed by atoms with Crippen LogP contribution >= 0.6 is 11.6 Å². The Hall–Kier alpha value is -2.14. The Morgan fingerprint density at radius 1 is 1.36 bits per heavy atom. The van der Waals surface area contributed by atoms with Gasteiger partial charge in [0.05, 0.1) is 17.7 Å². The lowest BCUT2D eigenvalue weighted by molar-refractivity contribution is 0.0525. The number of carbonyl (C=O) groups excluding carboxylic acids is 1. The molecule has 114 valence electrons. The van der Waals surface area contributed by atoms with E-state index < -0.39 is 5.97 Å². The van der Waals surface area contributed by atoms with Crippen molar-refractivity contribution in [2.75, 3.05) is 11.9 Å². The zero-order valence-corrected chi connectivity index (χ0v) is 12.9. The van der Waals surface area contributed by atoms with Gasteiger partial charge in [-0.15, -0.1) is 0 Å². The van der Waals surface area contributed by atoms with Crippen LogP contribution in [0.2, 0.25) is 5.02 Å². The molecule has 5 nitrogen and oxygen atoms in total. The van der Waals surface area contributed by atoms with Crippen LogP contribution in [0.25, 0.3) is 0 Å². The second-order valence-electron chi connectivity index (χ2n) is 5.23. The molecule has 0 atom stereocenters. The number of hydrogen-bond donors (Lipinski definition) is 1. The van der Waals surface area contributed by atoms with E-state index in [9.17, 15) is 4.79 Å². The Morgan fingerprint density at radius 2 is 2.09 bits per heavy atom. The van der Waals surface area contributed by atoms with E-state index in [-0.39, 0.29) is 5.54 Å². The predicted molar refractivity (Wildman–Crippen MR) is 84.0 cm³/mol. The summed E-state index contributed by atoms with van der Waals surface area (Å²) in [5.74, 6) is 0.0792. The summed E-state index contributed by atoms with van der Waals surface area (Å²) in [6, 6.07) is 7.78. The van der Waals surface area contributed by atoms with Crippen molar-refractivity contribution in [3.05, 3.63) is 52.8 Å². The van der Waals surface area contributed by atoms with E-state index >= 15 is 0 Å². The van der Waals surface area contributed by atoms with Gasteiger partial charge in [-0.1, -0.05) is 23.7 Å². The lowest BCUT2D eigenvalue weighted by Gasteiger charge is -2.18. The number of rotatable bonds is 5. The van der Waals surface area contributed by atoms with Crippen LogP contribution in [0.5, 0.6) is 0 Å². The number of esters is 1. The number of ether oxygens (including phenoxy) is 1. The molecule has 0 aliphatic heterocycles. The van der Waals surface area contributed by atoms with Gasteiger partial charge in [-0.2, -0.15) is 0 Å². The van der Waals surface area contributed by atoms with E-state index in [1.54, 1.807) is 6.92 Å². The lowest BCUT2D eigenvalue weighted by Crippen LogP contribution is -2.20. The Bertz CT molecular complexity index is 684. The van der Waals surface area contributed by atoms with E-state index in [4.69, 9.17) is 16.3 Å². The fraction of sp³-hybridized carbons (Fsp3) is 0.312. The summed E-state index contributed by atoms with van der Waals surface area (Å²) in [6.07, 6.45) is 4.94. The van der Waals surface area contributed by atoms with Crippen LogP contribution in [0.4, 0.5) is 5.95 Å². The Labute approximate surface area is 133 Å². The molecule has 2 aromatic rings. The molecule has 3 rings (SSSR count). The molecule has 1 saturated carbocycles. The number of nitrogens with zero attached hydrogens (tertiary/aromatic N) is 2. The molecule has 1 aromatic carbocycles. The summed E-state index contributed by atoms with van der Waals surface area (Å²) in [7, 11) is 0. The van der Waals surface area contributed by atoms with Crippen molar-refractivity contribution < 1.29 is 9.53 Å². The topological polar surface area (TPSA) is 64.1 Å². The monoisotopic (exact) mass is 317 g/mol. The van der Waals surface area contributed by atoms with Crippen LogP contribution in [-0.2, 0) is 10.3 Å². The first-order valence-corrected chi connectivity index (χ1v) is 7.54. The highest BCUT2D eigenvalue weighted by Crippen LogP contribution is 2.48. The smallest absolute Gasteiger partial charge is 0.341 e. The van der Waals surface area contributed by atoms with E-state index in [1.807, 2.05) is 24.3 Å². The fourth-order valence-electron chi connectivity index (χ4n) is 2.32. The van der Waals surface area contributed by atoms with Crippen molar-refractivity contribution in [2.45, 2.75) is 25.3 Å². The number of anilines is 1. The number of benzene rings is 1. The average Bonchev–Trinajstić information content (AvgIpc) is 3.29. The molecule has 22 heavy (non-hydrogen) atoms. The molecule has 0 saturated heterocycles. The predicted octanol–water partition coefficient (Wildman–Crippen LogP) is 3.41. The Kier molecular flexibility index (Phi) is 3.98. The molecule has 0 bridgehead atoms. The average molecular weight is 318 g/mol. The zero-order chi connectivity index (χ0) is 15.6. The fourth-order valence-corrected chi connectivity index (χ4v) is 2.51. The van der Waals surface area contributed by atoms with Crippen LogP contribution in [-0.4, -0.2) is 22.5 Å². The van der Waals surface area contributed by atoms with E-state index in [1.165, 1.54) is 12.4 Å². The highest BCUT2D eigenvalue weighted by atomic mass is 35.5. The first-order chi connectivity index (χ1) is 10.6. The third-order valence-corrected chi connectivity index (χ3v) is 3.88. The van der Waals surface area contributed by atoms with Crippen LogP contribution in [0.15, 0.2) is 36.7 Å². The number of nitrogens with one attached hydrogen (secondary N) is 1. The van der Waals surface area contributed by atoms with Gasteiger partial charge in [0.1, 0.15) is 0 Å². The highest BCUT2D eigenvalue weighted by Gasteiger charge is 2.45. The molecule has 1 aliphatic rings. The van der Waals surface area contributed by atoms with Gasteiger partial charge in [0.2, 0.25) is 5.95 Å². The van der Waals surface area contributed by atoms with Crippen LogP contribution in [0, 0.1) is 0 Å². The number of carbonyl (C=O) groups is 1. The lowest BCUT2D eigenvalue weighted by atomic mass is 10.1. The van der Waals surface area contributed by atoms with Gasteiger partial charge >= 0.3 is 5.97 Å². The van der Waals surface area contributed by atoms with E-state index in [0.717, 1.165) is 18.4 Å². The van der Waals surface area contributed by atoms with Gasteiger partial charge in [0, 0.05) is 17.4 Å². The van der Waals surface area contributed by atoms with Gasteiger partial charge in [0.25, 0.3) is 0 Å². The van der Waals surface area contributed by atoms with Crippen molar-refractivity contribution in [3.8, 4) is 0 Å². The maximum Gasteiger partial charge on any atom is 0.341 e. The highest BCUT2D eigenvalue weighted by molar-refractivity contribution is 6.30. The summed E-state index contributed by atoms with van der Waals surface area (Å²) in [6.45, 7) is 2.09. The first-order valence-electron chi connectivity index (χ1n) is 7.16. The quantitative estimate of drug-likeness (QED) is 0.856. The molecular formula is C16H16ClN3O2. The number of halogens is 1. The van der Waals surface area contributed by atoms with Gasteiger partial charge in [-0.05, 0) is 37.5 Å². The maximum atomic E-state index is 11.6. The Morgan fingerprint density at radius 3 is 2.68 bits per heavy atom. The number of hydrogen-bond acceptors (Lipinski definition) is 5. The summed E-state index contributed by atoms with van der Waals surface area (Å²) in [5, 5.41) is 4.05. The summed E-state index contributed by atoms with van der Waals surface area (Å²) in [5.41, 5.74) is 1.31. The molecule has 1 N–H and O–H groups in total. The summed E-state index contributed by atoms with van der Waals surface area (Å²) < 4.78 is 4.91. The van der Waals surface area contributed by atoms with Crippen LogP contribution in [0.3, 0.4) is 0 Å². The van der Waals surface area contributed by atoms with Gasteiger partial charge in [-0.25, -0.2) is 14.8 Å². The second kappa shape index (κ2) is 5.93. The third-order valence-electron chi connectivity index (χ3n) is 3.64. The van der Waals surface area contributed by atoms with E-state index in [2.05, 4.69) is 15.3 Å². The van der Waals surface area contributed by atoms with E-state index in [0.29, 0.717) is 23.1 Å². The second-order valence-corrected chi connectivity index (χ2v) is 5.67. The number of aromatic nitrogens is 2. The molecular weight excluding hydrogens is 302 g/mol. The molecule has 0 spiro atoms. The molecule has 1 heterocycles. The molecule has 0 amide bonds. The van der Waals surface area contributed by atoms with Gasteiger partial charge in [0.15, 0.2) is 0 Å². The van der Waals surface area contributed by atoms with Gasteiger partial charge < -0.3 is 10.1 Å². The molecule has 0 radical (unpaired) electrons. The summed E-state index contributed by atoms with van der Waals surface area (Å²) >= 11 is 6.06. The minimum absolute atomic E-state index is 0.156. The third kappa shape index (κ3) is 3.04. The van der Waals surface area contributed by atoms with Crippen molar-refractivity contribution >= 4 is 23.5 Å². The van der Waals surface area contributed by atoms with Crippen molar-refractivity contribution in [1.82, 2.24) is 9.97 Å². The molecule has 1 fully saturated rings. The largest absolute Gasteiger partial charge is 0.462 e. The molecule has 6 heteroatoms. The first kappa shape index (κ1) is 14.8. The maximum absolute atomic E-state index is 11.6. The van der Waals surface area contributed by atoms with Crippen molar-refractivity contribution in [3.63, 3.8) is 0 Å². The van der Waals surface area contributed by atoms with Crippen molar-refractivity contribution in [1.29, 1.82) is 0 Å². The standard InChI is InChI=1S/C16H16ClN3O2/c1-2-22-14(21)11-9-18-15(19-10-11)20-16(6-7-16)12-4-3-5-13(17)8-12/h3-5,8-10H,2,6-7H2,1H3,(H,18,19,20). The van der Waals surface area contributed by atoms with Crippen LogP contribution in [0.1, 0.15) is 35.7 Å². The minimum atomic E-state index is -0.412.